The summed E-state index contributed by atoms with van der Waals surface area (Å²) in [5, 5.41) is 0. The number of esters is 1. The lowest BCUT2D eigenvalue weighted by atomic mass is 9.97. The number of benzene rings is 1. The molecule has 1 aliphatic heterocycles. The van der Waals surface area contributed by atoms with Gasteiger partial charge < -0.3 is 14.4 Å². The number of anilines is 1. The Hall–Kier alpha value is -2.30. The molecule has 0 bridgehead atoms. The van der Waals surface area contributed by atoms with E-state index in [1.807, 2.05) is 18.2 Å². The minimum atomic E-state index is -0.548. The number of hydrogen-bond donors (Lipinski definition) is 0. The molecule has 0 aliphatic carbocycles. The first-order valence-corrected chi connectivity index (χ1v) is 8.22. The first-order valence-electron chi connectivity index (χ1n) is 8.22. The van der Waals surface area contributed by atoms with E-state index in [1.54, 1.807) is 4.90 Å². The zero-order valence-electron chi connectivity index (χ0n) is 14.9. The standard InChI is InChI=1S/C19H25NO4/c1-12(2)14-7-6-8-15-19(14)24-16(13(3)4)11-20(15)17(21)9-10-18(22)23-5/h6-10,12-13,16H,11H2,1-5H3. The van der Waals surface area contributed by atoms with Gasteiger partial charge in [0.05, 0.1) is 19.3 Å². The summed E-state index contributed by atoms with van der Waals surface area (Å²) in [5.74, 6) is 0.508. The Bertz CT molecular complexity index is 649. The first kappa shape index (κ1) is 18.0. The van der Waals surface area contributed by atoms with Crippen LogP contribution in [0.15, 0.2) is 30.4 Å². The van der Waals surface area contributed by atoms with Gasteiger partial charge in [-0.05, 0) is 23.5 Å². The largest absolute Gasteiger partial charge is 0.486 e. The van der Waals surface area contributed by atoms with E-state index in [1.165, 1.54) is 13.2 Å². The van der Waals surface area contributed by atoms with Gasteiger partial charge in [-0.25, -0.2) is 4.79 Å². The number of ether oxygens (including phenoxy) is 2. The second-order valence-corrected chi connectivity index (χ2v) is 6.56. The van der Waals surface area contributed by atoms with E-state index in [0.29, 0.717) is 6.54 Å². The lowest BCUT2D eigenvalue weighted by Gasteiger charge is -2.37. The molecule has 0 N–H and O–H groups in total. The Kier molecular flexibility index (Phi) is 5.65. The molecule has 5 nitrogen and oxygen atoms in total. The van der Waals surface area contributed by atoms with Gasteiger partial charge in [-0.2, -0.15) is 0 Å². The van der Waals surface area contributed by atoms with Gasteiger partial charge in [0, 0.05) is 12.2 Å². The molecular weight excluding hydrogens is 306 g/mol. The molecule has 0 radical (unpaired) electrons. The summed E-state index contributed by atoms with van der Waals surface area (Å²) in [7, 11) is 1.28. The van der Waals surface area contributed by atoms with E-state index in [0.717, 1.165) is 23.1 Å². The van der Waals surface area contributed by atoms with Crippen molar-refractivity contribution in [3.63, 3.8) is 0 Å². The molecule has 24 heavy (non-hydrogen) atoms. The minimum absolute atomic E-state index is 0.0899. The fraction of sp³-hybridized carbons (Fsp3) is 0.474. The van der Waals surface area contributed by atoms with Gasteiger partial charge in [-0.3, -0.25) is 4.79 Å². The third-order valence-electron chi connectivity index (χ3n) is 4.14. The number of fused-ring (bicyclic) bond motifs is 1. The van der Waals surface area contributed by atoms with E-state index >= 15 is 0 Å². The Balaban J connectivity index is 2.42. The molecule has 2 rings (SSSR count). The number of methoxy groups -OCH3 is 1. The van der Waals surface area contributed by atoms with Gasteiger partial charge in [0.25, 0.3) is 5.91 Å². The van der Waals surface area contributed by atoms with Crippen molar-refractivity contribution in [2.75, 3.05) is 18.6 Å². The van der Waals surface area contributed by atoms with Gasteiger partial charge in [-0.15, -0.1) is 0 Å². The van der Waals surface area contributed by atoms with Crippen LogP contribution < -0.4 is 9.64 Å². The lowest BCUT2D eigenvalue weighted by Crippen LogP contribution is -2.45. The molecular formula is C19H25NO4. The fourth-order valence-electron chi connectivity index (χ4n) is 2.66. The van der Waals surface area contributed by atoms with Crippen molar-refractivity contribution < 1.29 is 19.1 Å². The highest BCUT2D eigenvalue weighted by atomic mass is 16.5. The highest BCUT2D eigenvalue weighted by Gasteiger charge is 2.32. The quantitative estimate of drug-likeness (QED) is 0.627. The van der Waals surface area contributed by atoms with E-state index in [2.05, 4.69) is 32.4 Å². The van der Waals surface area contributed by atoms with Gasteiger partial charge in [0.1, 0.15) is 11.9 Å². The normalized spacial score (nSPS) is 17.1. The highest BCUT2D eigenvalue weighted by Crippen LogP contribution is 2.40. The summed E-state index contributed by atoms with van der Waals surface area (Å²) in [6.45, 7) is 8.79. The third kappa shape index (κ3) is 3.78. The highest BCUT2D eigenvalue weighted by molar-refractivity contribution is 6.05. The predicted octanol–water partition coefficient (Wildman–Crippen LogP) is 3.29. The zero-order valence-corrected chi connectivity index (χ0v) is 14.9. The fourth-order valence-corrected chi connectivity index (χ4v) is 2.66. The van der Waals surface area contributed by atoms with Crippen molar-refractivity contribution in [2.24, 2.45) is 5.92 Å². The second kappa shape index (κ2) is 7.51. The maximum absolute atomic E-state index is 12.6. The number of carbonyl (C=O) groups excluding carboxylic acids is 2. The van der Waals surface area contributed by atoms with E-state index in [9.17, 15) is 9.59 Å². The van der Waals surface area contributed by atoms with E-state index < -0.39 is 5.97 Å². The average Bonchev–Trinajstić information content (AvgIpc) is 2.57. The van der Waals surface area contributed by atoms with Crippen LogP contribution >= 0.6 is 0 Å². The molecule has 1 unspecified atom stereocenters. The van der Waals surface area contributed by atoms with Gasteiger partial charge in [0.2, 0.25) is 0 Å². The molecule has 1 aromatic rings. The number of rotatable bonds is 4. The third-order valence-corrected chi connectivity index (χ3v) is 4.14. The van der Waals surface area contributed by atoms with Gasteiger partial charge in [-0.1, -0.05) is 39.8 Å². The average molecular weight is 331 g/mol. The van der Waals surface area contributed by atoms with Crippen LogP contribution in [0.1, 0.15) is 39.2 Å². The van der Waals surface area contributed by atoms with Crippen molar-refractivity contribution in [2.45, 2.75) is 39.7 Å². The Morgan fingerprint density at radius 3 is 2.54 bits per heavy atom. The van der Waals surface area contributed by atoms with Crippen molar-refractivity contribution in [3.05, 3.63) is 35.9 Å². The lowest BCUT2D eigenvalue weighted by molar-refractivity contribution is -0.135. The monoisotopic (exact) mass is 331 g/mol. The summed E-state index contributed by atoms with van der Waals surface area (Å²) >= 11 is 0. The summed E-state index contributed by atoms with van der Waals surface area (Å²) in [5.41, 5.74) is 1.82. The molecule has 1 atom stereocenters. The molecule has 1 amide bonds. The maximum Gasteiger partial charge on any atom is 0.330 e. The molecule has 130 valence electrons. The van der Waals surface area contributed by atoms with Crippen molar-refractivity contribution in [1.82, 2.24) is 0 Å². The Labute approximate surface area is 143 Å². The molecule has 1 heterocycles. The van der Waals surface area contributed by atoms with Crippen LogP contribution in [0.5, 0.6) is 5.75 Å². The second-order valence-electron chi connectivity index (χ2n) is 6.56. The predicted molar refractivity (Wildman–Crippen MR) is 93.3 cm³/mol. The van der Waals surface area contributed by atoms with Crippen LogP contribution in [0.4, 0.5) is 5.69 Å². The van der Waals surface area contributed by atoms with Crippen LogP contribution in [0.2, 0.25) is 0 Å². The molecule has 0 spiro atoms. The SMILES string of the molecule is COC(=O)C=CC(=O)N1CC(C(C)C)Oc2c(C(C)C)cccc21. The summed E-state index contributed by atoms with van der Waals surface area (Å²) in [6, 6.07) is 5.83. The number of carbonyl (C=O) groups is 2. The van der Waals surface area contributed by atoms with Crippen molar-refractivity contribution >= 4 is 17.6 Å². The minimum Gasteiger partial charge on any atom is -0.486 e. The topological polar surface area (TPSA) is 55.8 Å². The number of nitrogens with zero attached hydrogens (tertiary/aromatic N) is 1. The molecule has 0 aromatic heterocycles. The van der Waals surface area contributed by atoms with Crippen LogP contribution in [0.25, 0.3) is 0 Å². The molecule has 0 saturated heterocycles. The molecule has 0 saturated carbocycles. The maximum atomic E-state index is 12.6. The molecule has 1 aliphatic rings. The Morgan fingerprint density at radius 1 is 1.25 bits per heavy atom. The summed E-state index contributed by atoms with van der Waals surface area (Å²) < 4.78 is 10.7. The van der Waals surface area contributed by atoms with Crippen molar-refractivity contribution in [1.29, 1.82) is 0 Å². The van der Waals surface area contributed by atoms with E-state index in [4.69, 9.17) is 4.74 Å². The number of amides is 1. The van der Waals surface area contributed by atoms with E-state index in [-0.39, 0.29) is 23.8 Å². The molecule has 5 heteroatoms. The summed E-state index contributed by atoms with van der Waals surface area (Å²) in [4.78, 5) is 25.5. The van der Waals surface area contributed by atoms with Crippen LogP contribution in [0, 0.1) is 5.92 Å². The number of hydrogen-bond acceptors (Lipinski definition) is 4. The van der Waals surface area contributed by atoms with Gasteiger partial charge in [0.15, 0.2) is 0 Å². The summed E-state index contributed by atoms with van der Waals surface area (Å²) in [6.07, 6.45) is 2.31. The first-order chi connectivity index (χ1) is 11.3. The van der Waals surface area contributed by atoms with Crippen LogP contribution in [-0.4, -0.2) is 31.6 Å². The van der Waals surface area contributed by atoms with Crippen LogP contribution in [0.3, 0.4) is 0 Å². The van der Waals surface area contributed by atoms with Crippen LogP contribution in [-0.2, 0) is 14.3 Å². The number of para-hydroxylation sites is 1. The van der Waals surface area contributed by atoms with Crippen molar-refractivity contribution in [3.8, 4) is 5.75 Å². The molecule has 1 aromatic carbocycles. The smallest absolute Gasteiger partial charge is 0.330 e. The molecule has 0 fully saturated rings. The Morgan fingerprint density at radius 2 is 1.96 bits per heavy atom. The zero-order chi connectivity index (χ0) is 17.9. The van der Waals surface area contributed by atoms with Gasteiger partial charge >= 0.3 is 5.97 Å².